The molecule has 0 aliphatic rings. The van der Waals surface area contributed by atoms with Crippen LogP contribution in [0.3, 0.4) is 0 Å². The monoisotopic (exact) mass is 248 g/mol. The largest absolute Gasteiger partial charge is 0.392 e. The van der Waals surface area contributed by atoms with Crippen LogP contribution in [-0.2, 0) is 0 Å². The van der Waals surface area contributed by atoms with E-state index < -0.39 is 0 Å². The number of rotatable bonds is 2. The van der Waals surface area contributed by atoms with Crippen LogP contribution in [0.15, 0.2) is 54.6 Å². The van der Waals surface area contributed by atoms with Gasteiger partial charge in [0.25, 0.3) is 0 Å². The number of aliphatic hydroxyl groups excluding tert-OH is 1. The van der Waals surface area contributed by atoms with Crippen LogP contribution in [0.1, 0.15) is 22.3 Å². The van der Waals surface area contributed by atoms with Gasteiger partial charge in [-0.15, -0.1) is 0 Å². The van der Waals surface area contributed by atoms with Crippen LogP contribution in [0.25, 0.3) is 6.08 Å². The van der Waals surface area contributed by atoms with Gasteiger partial charge in [0.05, 0.1) is 6.61 Å². The number of hydrogen-bond acceptors (Lipinski definition) is 1. The number of benzene rings is 2. The van der Waals surface area contributed by atoms with Crippen molar-refractivity contribution in [1.82, 2.24) is 0 Å². The molecular formula is C18H16O. The minimum Gasteiger partial charge on any atom is -0.392 e. The van der Waals surface area contributed by atoms with Crippen molar-refractivity contribution in [3.63, 3.8) is 0 Å². The van der Waals surface area contributed by atoms with E-state index in [1.165, 1.54) is 5.56 Å². The maximum atomic E-state index is 8.84. The first-order valence-corrected chi connectivity index (χ1v) is 6.25. The van der Waals surface area contributed by atoms with Gasteiger partial charge in [0.2, 0.25) is 0 Å². The first kappa shape index (κ1) is 13.1. The maximum Gasteiger partial charge on any atom is 0.0615 e. The van der Waals surface area contributed by atoms with Crippen molar-refractivity contribution in [2.75, 3.05) is 6.61 Å². The van der Waals surface area contributed by atoms with Crippen molar-refractivity contribution in [1.29, 1.82) is 0 Å². The van der Waals surface area contributed by atoms with E-state index >= 15 is 0 Å². The molecule has 1 heteroatoms. The van der Waals surface area contributed by atoms with Gasteiger partial charge in [-0.25, -0.2) is 0 Å². The fourth-order valence-electron chi connectivity index (χ4n) is 1.78. The molecule has 94 valence electrons. The lowest BCUT2D eigenvalue weighted by Crippen LogP contribution is -1.84. The van der Waals surface area contributed by atoms with E-state index in [1.54, 1.807) is 6.08 Å². The first-order valence-electron chi connectivity index (χ1n) is 6.25. The zero-order valence-electron chi connectivity index (χ0n) is 10.9. The molecule has 0 bridgehead atoms. The Hall–Kier alpha value is -2.30. The molecule has 0 saturated heterocycles. The average Bonchev–Trinajstić information content (AvgIpc) is 2.45. The summed E-state index contributed by atoms with van der Waals surface area (Å²) >= 11 is 0. The average molecular weight is 248 g/mol. The number of hydrogen-bond donors (Lipinski definition) is 1. The van der Waals surface area contributed by atoms with Gasteiger partial charge in [0, 0.05) is 11.1 Å². The first-order chi connectivity index (χ1) is 9.31. The van der Waals surface area contributed by atoms with Crippen LogP contribution in [0.2, 0.25) is 0 Å². The van der Waals surface area contributed by atoms with Gasteiger partial charge >= 0.3 is 0 Å². The van der Waals surface area contributed by atoms with Crippen molar-refractivity contribution < 1.29 is 5.11 Å². The molecule has 1 N–H and O–H groups in total. The predicted octanol–water partition coefficient (Wildman–Crippen LogP) is 3.40. The molecule has 0 aliphatic carbocycles. The van der Waals surface area contributed by atoms with Crippen LogP contribution in [0.5, 0.6) is 0 Å². The molecule has 1 nitrogen and oxygen atoms in total. The van der Waals surface area contributed by atoms with Gasteiger partial charge in [0.1, 0.15) is 0 Å². The standard InChI is InChI=1S/C18H16O/c1-15-7-2-3-8-16(15)12-13-18-10-5-4-9-17(18)11-6-14-19/h2-11,19H,14H2,1H3/b11-6+. The molecule has 2 aromatic rings. The fourth-order valence-corrected chi connectivity index (χ4v) is 1.78. The molecule has 0 aliphatic heterocycles. The molecular weight excluding hydrogens is 232 g/mol. The second-order valence-corrected chi connectivity index (χ2v) is 4.24. The van der Waals surface area contributed by atoms with Crippen molar-refractivity contribution in [3.05, 3.63) is 76.9 Å². The van der Waals surface area contributed by atoms with E-state index in [-0.39, 0.29) is 6.61 Å². The molecule has 0 unspecified atom stereocenters. The lowest BCUT2D eigenvalue weighted by Gasteiger charge is -1.98. The lowest BCUT2D eigenvalue weighted by molar-refractivity contribution is 0.343. The summed E-state index contributed by atoms with van der Waals surface area (Å²) in [5, 5.41) is 8.84. The molecule has 2 rings (SSSR count). The van der Waals surface area contributed by atoms with Crippen molar-refractivity contribution in [3.8, 4) is 11.8 Å². The highest BCUT2D eigenvalue weighted by atomic mass is 16.2. The Morgan fingerprint density at radius 1 is 0.947 bits per heavy atom. The molecule has 0 radical (unpaired) electrons. The summed E-state index contributed by atoms with van der Waals surface area (Å²) in [5.74, 6) is 6.40. The Balaban J connectivity index is 2.35. The van der Waals surface area contributed by atoms with Gasteiger partial charge in [-0.05, 0) is 30.2 Å². The third kappa shape index (κ3) is 3.58. The molecule has 0 amide bonds. The van der Waals surface area contributed by atoms with Crippen LogP contribution in [0.4, 0.5) is 0 Å². The highest BCUT2D eigenvalue weighted by Gasteiger charge is 1.95. The van der Waals surface area contributed by atoms with E-state index in [0.29, 0.717) is 0 Å². The third-order valence-corrected chi connectivity index (χ3v) is 2.84. The Morgan fingerprint density at radius 2 is 1.58 bits per heavy atom. The Labute approximate surface area is 114 Å². The molecule has 0 fully saturated rings. The summed E-state index contributed by atoms with van der Waals surface area (Å²) in [6.07, 6.45) is 3.61. The highest BCUT2D eigenvalue weighted by molar-refractivity contribution is 5.60. The van der Waals surface area contributed by atoms with Crippen LogP contribution in [0, 0.1) is 18.8 Å². The fraction of sp³-hybridized carbons (Fsp3) is 0.111. The normalized spacial score (nSPS) is 10.2. The van der Waals surface area contributed by atoms with Gasteiger partial charge in [-0.3, -0.25) is 0 Å². The third-order valence-electron chi connectivity index (χ3n) is 2.84. The lowest BCUT2D eigenvalue weighted by atomic mass is 10.1. The summed E-state index contributed by atoms with van der Waals surface area (Å²) in [7, 11) is 0. The summed E-state index contributed by atoms with van der Waals surface area (Å²) in [6.45, 7) is 2.10. The molecule has 0 saturated carbocycles. The van der Waals surface area contributed by atoms with Crippen LogP contribution >= 0.6 is 0 Å². The van der Waals surface area contributed by atoms with E-state index in [1.807, 2.05) is 48.5 Å². The molecule has 19 heavy (non-hydrogen) atoms. The van der Waals surface area contributed by atoms with Gasteiger partial charge in [-0.1, -0.05) is 60.4 Å². The summed E-state index contributed by atoms with van der Waals surface area (Å²) < 4.78 is 0. The van der Waals surface area contributed by atoms with E-state index in [4.69, 9.17) is 5.11 Å². The van der Waals surface area contributed by atoms with Gasteiger partial charge < -0.3 is 5.11 Å². The minimum absolute atomic E-state index is 0.0412. The number of aryl methyl sites for hydroxylation is 1. The van der Waals surface area contributed by atoms with Crippen molar-refractivity contribution >= 4 is 6.08 Å². The van der Waals surface area contributed by atoms with Crippen molar-refractivity contribution in [2.45, 2.75) is 6.92 Å². The highest BCUT2D eigenvalue weighted by Crippen LogP contribution is 2.10. The molecule has 0 heterocycles. The summed E-state index contributed by atoms with van der Waals surface area (Å²) in [6, 6.07) is 16.0. The molecule has 0 spiro atoms. The Kier molecular flexibility index (Phi) is 4.55. The Bertz CT molecular complexity index is 642. The van der Waals surface area contributed by atoms with Gasteiger partial charge in [0.15, 0.2) is 0 Å². The maximum absolute atomic E-state index is 8.84. The van der Waals surface area contributed by atoms with Crippen LogP contribution < -0.4 is 0 Å². The number of aliphatic hydroxyl groups is 1. The van der Waals surface area contributed by atoms with Gasteiger partial charge in [-0.2, -0.15) is 0 Å². The molecule has 2 aromatic carbocycles. The second-order valence-electron chi connectivity index (χ2n) is 4.24. The Morgan fingerprint density at radius 3 is 2.32 bits per heavy atom. The minimum atomic E-state index is 0.0412. The zero-order chi connectivity index (χ0) is 13.5. The summed E-state index contributed by atoms with van der Waals surface area (Å²) in [5.41, 5.74) is 4.22. The molecule has 0 atom stereocenters. The topological polar surface area (TPSA) is 20.2 Å². The smallest absolute Gasteiger partial charge is 0.0615 e. The summed E-state index contributed by atoms with van der Waals surface area (Å²) in [4.78, 5) is 0. The SMILES string of the molecule is Cc1ccccc1C#Cc1ccccc1/C=C/CO. The van der Waals surface area contributed by atoms with E-state index in [9.17, 15) is 0 Å². The van der Waals surface area contributed by atoms with Crippen LogP contribution in [-0.4, -0.2) is 11.7 Å². The quantitative estimate of drug-likeness (QED) is 0.808. The molecule has 0 aromatic heterocycles. The van der Waals surface area contributed by atoms with Crippen molar-refractivity contribution in [2.24, 2.45) is 0 Å². The second kappa shape index (κ2) is 6.58. The predicted molar refractivity (Wildman–Crippen MR) is 79.7 cm³/mol. The zero-order valence-corrected chi connectivity index (χ0v) is 10.9. The van der Waals surface area contributed by atoms with E-state index in [0.717, 1.165) is 16.7 Å². The van der Waals surface area contributed by atoms with E-state index in [2.05, 4.69) is 24.8 Å².